The number of carbonyl (C=O) groups is 1. The van der Waals surface area contributed by atoms with Gasteiger partial charge >= 0.3 is 0 Å². The van der Waals surface area contributed by atoms with Crippen LogP contribution in [0.15, 0.2) is 41.8 Å². The lowest BCUT2D eigenvalue weighted by atomic mass is 10.1. The van der Waals surface area contributed by atoms with Gasteiger partial charge in [0.15, 0.2) is 0 Å². The minimum atomic E-state index is -0.370. The molecule has 0 saturated heterocycles. The zero-order chi connectivity index (χ0) is 12.8. The van der Waals surface area contributed by atoms with Gasteiger partial charge in [0.05, 0.1) is 0 Å². The molecule has 0 aliphatic rings. The fourth-order valence-electron chi connectivity index (χ4n) is 1.80. The molecule has 1 heterocycles. The fraction of sp³-hybridized carbons (Fsp3) is 0.214. The summed E-state index contributed by atoms with van der Waals surface area (Å²) < 4.78 is 0. The van der Waals surface area contributed by atoms with E-state index in [9.17, 15) is 4.79 Å². The Morgan fingerprint density at radius 2 is 2.06 bits per heavy atom. The second-order valence-corrected chi connectivity index (χ2v) is 5.06. The highest BCUT2D eigenvalue weighted by Crippen LogP contribution is 2.09. The number of nitrogens with one attached hydrogen (secondary N) is 1. The Balaban J connectivity index is 1.85. The topological polar surface area (TPSA) is 55.1 Å². The van der Waals surface area contributed by atoms with E-state index in [1.54, 1.807) is 17.4 Å². The van der Waals surface area contributed by atoms with Crippen molar-refractivity contribution in [3.8, 4) is 0 Å². The molecule has 18 heavy (non-hydrogen) atoms. The van der Waals surface area contributed by atoms with Crippen molar-refractivity contribution in [2.45, 2.75) is 13.0 Å². The van der Waals surface area contributed by atoms with Gasteiger partial charge in [0.2, 0.25) is 5.91 Å². The molecule has 2 rings (SSSR count). The first-order valence-electron chi connectivity index (χ1n) is 5.88. The molecule has 3 nitrogen and oxygen atoms in total. The summed E-state index contributed by atoms with van der Waals surface area (Å²) in [6.45, 7) is 1.57. The number of rotatable bonds is 6. The van der Waals surface area contributed by atoms with Crippen molar-refractivity contribution in [3.05, 3.63) is 57.8 Å². The predicted molar refractivity (Wildman–Crippen MR) is 74.7 cm³/mol. The number of benzene rings is 1. The quantitative estimate of drug-likeness (QED) is 0.782. The van der Waals surface area contributed by atoms with E-state index in [2.05, 4.69) is 22.8 Å². The lowest BCUT2D eigenvalue weighted by Crippen LogP contribution is -2.20. The van der Waals surface area contributed by atoms with E-state index in [0.29, 0.717) is 12.1 Å². The molecule has 1 amide bonds. The van der Waals surface area contributed by atoms with Gasteiger partial charge in [-0.3, -0.25) is 4.79 Å². The van der Waals surface area contributed by atoms with Gasteiger partial charge in [-0.15, -0.1) is 11.3 Å². The molecule has 0 atom stereocenters. The van der Waals surface area contributed by atoms with Crippen molar-refractivity contribution < 1.29 is 4.79 Å². The third-order valence-corrected chi connectivity index (χ3v) is 3.66. The summed E-state index contributed by atoms with van der Waals surface area (Å²) in [6, 6.07) is 11.6. The zero-order valence-corrected chi connectivity index (χ0v) is 10.9. The SMILES string of the molecule is NC(=O)c1ccccc1CNCCc1cccs1. The molecule has 94 valence electrons. The maximum atomic E-state index is 11.2. The molecule has 0 fully saturated rings. The van der Waals surface area contributed by atoms with Gasteiger partial charge < -0.3 is 11.1 Å². The van der Waals surface area contributed by atoms with Crippen LogP contribution in [0.5, 0.6) is 0 Å². The molecule has 3 N–H and O–H groups in total. The highest BCUT2D eigenvalue weighted by molar-refractivity contribution is 7.09. The lowest BCUT2D eigenvalue weighted by Gasteiger charge is -2.07. The van der Waals surface area contributed by atoms with Crippen molar-refractivity contribution >= 4 is 17.2 Å². The number of amides is 1. The Morgan fingerprint density at radius 1 is 1.22 bits per heavy atom. The standard InChI is InChI=1S/C14H16N2OS/c15-14(17)13-6-2-1-4-11(13)10-16-8-7-12-5-3-9-18-12/h1-6,9,16H,7-8,10H2,(H2,15,17). The van der Waals surface area contributed by atoms with Gasteiger partial charge in [0.25, 0.3) is 0 Å². The number of primary amides is 1. The lowest BCUT2D eigenvalue weighted by molar-refractivity contribution is 0.0999. The van der Waals surface area contributed by atoms with Crippen LogP contribution in [-0.2, 0) is 13.0 Å². The maximum absolute atomic E-state index is 11.2. The Morgan fingerprint density at radius 3 is 2.78 bits per heavy atom. The third kappa shape index (κ3) is 3.42. The molecule has 0 aliphatic carbocycles. The molecule has 0 aliphatic heterocycles. The van der Waals surface area contributed by atoms with Crippen LogP contribution < -0.4 is 11.1 Å². The van der Waals surface area contributed by atoms with Crippen molar-refractivity contribution in [2.75, 3.05) is 6.54 Å². The minimum Gasteiger partial charge on any atom is -0.366 e. The number of hydrogen-bond donors (Lipinski definition) is 2. The summed E-state index contributed by atoms with van der Waals surface area (Å²) >= 11 is 1.76. The third-order valence-electron chi connectivity index (χ3n) is 2.73. The Labute approximate surface area is 111 Å². The van der Waals surface area contributed by atoms with Gasteiger partial charge in [-0.25, -0.2) is 0 Å². The van der Waals surface area contributed by atoms with Crippen LogP contribution in [-0.4, -0.2) is 12.5 Å². The maximum Gasteiger partial charge on any atom is 0.249 e. The smallest absolute Gasteiger partial charge is 0.249 e. The van der Waals surface area contributed by atoms with E-state index < -0.39 is 0 Å². The summed E-state index contributed by atoms with van der Waals surface area (Å²) in [5, 5.41) is 5.42. The first kappa shape index (κ1) is 12.8. The van der Waals surface area contributed by atoms with Crippen LogP contribution in [0, 0.1) is 0 Å². The number of thiophene rings is 1. The summed E-state index contributed by atoms with van der Waals surface area (Å²) in [5.74, 6) is -0.370. The van der Waals surface area contributed by atoms with Crippen molar-refractivity contribution in [3.63, 3.8) is 0 Å². The van der Waals surface area contributed by atoms with Crippen LogP contribution in [0.1, 0.15) is 20.8 Å². The van der Waals surface area contributed by atoms with Crippen LogP contribution in [0.2, 0.25) is 0 Å². The molecule has 1 aromatic heterocycles. The van der Waals surface area contributed by atoms with E-state index in [1.807, 2.05) is 18.2 Å². The van der Waals surface area contributed by atoms with E-state index in [4.69, 9.17) is 5.73 Å². The fourth-order valence-corrected chi connectivity index (χ4v) is 2.51. The average molecular weight is 260 g/mol. The van der Waals surface area contributed by atoms with E-state index in [-0.39, 0.29) is 5.91 Å². The largest absolute Gasteiger partial charge is 0.366 e. The van der Waals surface area contributed by atoms with Crippen LogP contribution in [0.3, 0.4) is 0 Å². The van der Waals surface area contributed by atoms with Crippen molar-refractivity contribution in [2.24, 2.45) is 5.73 Å². The first-order valence-corrected chi connectivity index (χ1v) is 6.76. The Bertz CT molecular complexity index is 508. The number of carbonyl (C=O) groups excluding carboxylic acids is 1. The van der Waals surface area contributed by atoms with E-state index in [0.717, 1.165) is 18.5 Å². The van der Waals surface area contributed by atoms with Gasteiger partial charge in [-0.1, -0.05) is 24.3 Å². The molecule has 0 saturated carbocycles. The molecule has 0 unspecified atom stereocenters. The van der Waals surface area contributed by atoms with Gasteiger partial charge in [-0.05, 0) is 29.5 Å². The molecular weight excluding hydrogens is 244 g/mol. The highest BCUT2D eigenvalue weighted by Gasteiger charge is 2.06. The number of nitrogens with two attached hydrogens (primary N) is 1. The monoisotopic (exact) mass is 260 g/mol. The summed E-state index contributed by atoms with van der Waals surface area (Å²) in [4.78, 5) is 12.6. The van der Waals surface area contributed by atoms with E-state index >= 15 is 0 Å². The van der Waals surface area contributed by atoms with Gasteiger partial charge in [0.1, 0.15) is 0 Å². The molecule has 4 heteroatoms. The average Bonchev–Trinajstić information content (AvgIpc) is 2.88. The molecule has 0 radical (unpaired) electrons. The minimum absolute atomic E-state index is 0.370. The normalized spacial score (nSPS) is 10.4. The molecule has 1 aromatic carbocycles. The van der Waals surface area contributed by atoms with Crippen molar-refractivity contribution in [1.82, 2.24) is 5.32 Å². The van der Waals surface area contributed by atoms with Crippen LogP contribution in [0.4, 0.5) is 0 Å². The van der Waals surface area contributed by atoms with Crippen molar-refractivity contribution in [1.29, 1.82) is 0 Å². The van der Waals surface area contributed by atoms with Crippen LogP contribution >= 0.6 is 11.3 Å². The Kier molecular flexibility index (Phi) is 4.50. The Hall–Kier alpha value is -1.65. The molecular formula is C14H16N2OS. The second kappa shape index (κ2) is 6.33. The number of hydrogen-bond acceptors (Lipinski definition) is 3. The van der Waals surface area contributed by atoms with E-state index in [1.165, 1.54) is 4.88 Å². The van der Waals surface area contributed by atoms with Crippen LogP contribution in [0.25, 0.3) is 0 Å². The summed E-state index contributed by atoms with van der Waals surface area (Å²) in [7, 11) is 0. The summed E-state index contributed by atoms with van der Waals surface area (Å²) in [6.07, 6.45) is 1.01. The molecule has 0 spiro atoms. The molecule has 2 aromatic rings. The van der Waals surface area contributed by atoms with Gasteiger partial charge in [0, 0.05) is 23.5 Å². The zero-order valence-electron chi connectivity index (χ0n) is 10.1. The highest BCUT2D eigenvalue weighted by atomic mass is 32.1. The summed E-state index contributed by atoms with van der Waals surface area (Å²) in [5.41, 5.74) is 6.88. The van der Waals surface area contributed by atoms with Gasteiger partial charge in [-0.2, -0.15) is 0 Å². The molecule has 0 bridgehead atoms. The first-order chi connectivity index (χ1) is 8.77. The predicted octanol–water partition coefficient (Wildman–Crippen LogP) is 2.18. The second-order valence-electron chi connectivity index (χ2n) is 4.03.